The van der Waals surface area contributed by atoms with Gasteiger partial charge in [0.25, 0.3) is 0 Å². The van der Waals surface area contributed by atoms with Gasteiger partial charge < -0.3 is 15.0 Å². The highest BCUT2D eigenvalue weighted by atomic mass is 16.5. The Labute approximate surface area is 124 Å². The molecular formula is C17H19N3O. The number of ether oxygens (including phenoxy) is 1. The first-order chi connectivity index (χ1) is 10.2. The van der Waals surface area contributed by atoms with Crippen LogP contribution in [0.1, 0.15) is 24.6 Å². The maximum absolute atomic E-state index is 6.42. The summed E-state index contributed by atoms with van der Waals surface area (Å²) >= 11 is 0. The van der Waals surface area contributed by atoms with Crippen LogP contribution in [-0.4, -0.2) is 16.7 Å². The molecule has 0 aliphatic carbocycles. The summed E-state index contributed by atoms with van der Waals surface area (Å²) in [5, 5.41) is 0. The third-order valence-corrected chi connectivity index (χ3v) is 3.94. The van der Waals surface area contributed by atoms with E-state index in [2.05, 4.69) is 22.5 Å². The Morgan fingerprint density at radius 2 is 1.81 bits per heavy atom. The van der Waals surface area contributed by atoms with Crippen LogP contribution in [0.2, 0.25) is 0 Å². The second-order valence-electron chi connectivity index (χ2n) is 5.18. The normalized spacial score (nSPS) is 14.0. The summed E-state index contributed by atoms with van der Waals surface area (Å²) in [6.07, 6.45) is 1.86. The first-order valence-electron chi connectivity index (χ1n) is 7.02. The van der Waals surface area contributed by atoms with Crippen LogP contribution in [-0.2, 0) is 0 Å². The summed E-state index contributed by atoms with van der Waals surface area (Å²) in [5.74, 6) is 0.840. The number of hydrogen-bond donors (Lipinski definition) is 1. The summed E-state index contributed by atoms with van der Waals surface area (Å²) in [7, 11) is 1.66. The van der Waals surface area contributed by atoms with Crippen molar-refractivity contribution in [2.45, 2.75) is 19.0 Å². The quantitative estimate of drug-likeness (QED) is 0.798. The van der Waals surface area contributed by atoms with Gasteiger partial charge in [-0.25, -0.2) is 4.98 Å². The van der Waals surface area contributed by atoms with Gasteiger partial charge >= 0.3 is 0 Å². The van der Waals surface area contributed by atoms with Gasteiger partial charge in [0.15, 0.2) is 0 Å². The average Bonchev–Trinajstić information content (AvgIpc) is 2.97. The molecule has 2 atom stereocenters. The lowest BCUT2D eigenvalue weighted by Crippen LogP contribution is -2.22. The number of nitrogens with two attached hydrogens (primary N) is 1. The molecule has 1 heterocycles. The van der Waals surface area contributed by atoms with Gasteiger partial charge in [0.1, 0.15) is 5.75 Å². The number of para-hydroxylation sites is 2. The van der Waals surface area contributed by atoms with Crippen LogP contribution in [0, 0.1) is 0 Å². The van der Waals surface area contributed by atoms with E-state index in [1.165, 1.54) is 0 Å². The molecule has 0 aliphatic rings. The zero-order valence-electron chi connectivity index (χ0n) is 12.2. The average molecular weight is 281 g/mol. The molecule has 0 saturated carbocycles. The van der Waals surface area contributed by atoms with Gasteiger partial charge in [0, 0.05) is 0 Å². The summed E-state index contributed by atoms with van der Waals surface area (Å²) in [6.45, 7) is 2.11. The van der Waals surface area contributed by atoms with E-state index in [1.54, 1.807) is 7.11 Å². The van der Waals surface area contributed by atoms with Crippen LogP contribution >= 0.6 is 0 Å². The lowest BCUT2D eigenvalue weighted by molar-refractivity contribution is 0.413. The van der Waals surface area contributed by atoms with Crippen molar-refractivity contribution in [3.63, 3.8) is 0 Å². The van der Waals surface area contributed by atoms with Crippen LogP contribution < -0.4 is 10.5 Å². The number of methoxy groups -OCH3 is 1. The van der Waals surface area contributed by atoms with E-state index < -0.39 is 0 Å². The fraction of sp³-hybridized carbons (Fsp3) is 0.235. The predicted octanol–water partition coefficient (Wildman–Crippen LogP) is 3.31. The molecule has 0 amide bonds. The zero-order valence-corrected chi connectivity index (χ0v) is 12.2. The third-order valence-electron chi connectivity index (χ3n) is 3.94. The van der Waals surface area contributed by atoms with Crippen LogP contribution in [0.5, 0.6) is 5.75 Å². The maximum Gasteiger partial charge on any atom is 0.118 e. The molecule has 3 rings (SSSR count). The molecule has 4 nitrogen and oxygen atoms in total. The summed E-state index contributed by atoms with van der Waals surface area (Å²) < 4.78 is 7.31. The van der Waals surface area contributed by atoms with Crippen molar-refractivity contribution < 1.29 is 4.74 Å². The maximum atomic E-state index is 6.42. The molecule has 1 aromatic heterocycles. The summed E-state index contributed by atoms with van der Waals surface area (Å²) in [4.78, 5) is 4.43. The highest BCUT2D eigenvalue weighted by molar-refractivity contribution is 5.75. The van der Waals surface area contributed by atoms with Crippen LogP contribution in [0.3, 0.4) is 0 Å². The molecule has 108 valence electrons. The van der Waals surface area contributed by atoms with E-state index >= 15 is 0 Å². The Hall–Kier alpha value is -2.33. The van der Waals surface area contributed by atoms with E-state index in [-0.39, 0.29) is 12.1 Å². The van der Waals surface area contributed by atoms with E-state index in [0.717, 1.165) is 22.3 Å². The molecular weight excluding hydrogens is 262 g/mol. The van der Waals surface area contributed by atoms with Gasteiger partial charge in [0.05, 0.1) is 36.6 Å². The van der Waals surface area contributed by atoms with Gasteiger partial charge in [0.2, 0.25) is 0 Å². The van der Waals surface area contributed by atoms with Crippen molar-refractivity contribution in [3.05, 3.63) is 60.4 Å². The number of aromatic nitrogens is 2. The lowest BCUT2D eigenvalue weighted by atomic mass is 10.0. The van der Waals surface area contributed by atoms with Gasteiger partial charge in [-0.2, -0.15) is 0 Å². The van der Waals surface area contributed by atoms with Crippen molar-refractivity contribution in [2.24, 2.45) is 5.73 Å². The van der Waals surface area contributed by atoms with Crippen LogP contribution in [0.4, 0.5) is 0 Å². The van der Waals surface area contributed by atoms with E-state index in [1.807, 2.05) is 48.8 Å². The smallest absolute Gasteiger partial charge is 0.118 e. The van der Waals surface area contributed by atoms with E-state index in [4.69, 9.17) is 10.5 Å². The van der Waals surface area contributed by atoms with Crippen molar-refractivity contribution >= 4 is 11.0 Å². The summed E-state index contributed by atoms with van der Waals surface area (Å²) in [5.41, 5.74) is 9.60. The second kappa shape index (κ2) is 5.58. The van der Waals surface area contributed by atoms with Crippen molar-refractivity contribution in [1.29, 1.82) is 0 Å². The molecule has 21 heavy (non-hydrogen) atoms. The molecule has 0 aliphatic heterocycles. The topological polar surface area (TPSA) is 53.1 Å². The van der Waals surface area contributed by atoms with Gasteiger partial charge in [-0.05, 0) is 36.8 Å². The molecule has 4 heteroatoms. The summed E-state index contributed by atoms with van der Waals surface area (Å²) in [6, 6.07) is 16.0. The minimum Gasteiger partial charge on any atom is -0.497 e. The molecule has 2 N–H and O–H groups in total. The van der Waals surface area contributed by atoms with Gasteiger partial charge in [-0.15, -0.1) is 0 Å². The Morgan fingerprint density at radius 3 is 2.52 bits per heavy atom. The number of fused-ring (bicyclic) bond motifs is 1. The largest absolute Gasteiger partial charge is 0.497 e. The van der Waals surface area contributed by atoms with Crippen molar-refractivity contribution in [1.82, 2.24) is 9.55 Å². The number of nitrogens with zero attached hydrogens (tertiary/aromatic N) is 2. The highest BCUT2D eigenvalue weighted by Crippen LogP contribution is 2.28. The molecule has 0 radical (unpaired) electrons. The van der Waals surface area contributed by atoms with Gasteiger partial charge in [-0.1, -0.05) is 24.3 Å². The zero-order chi connectivity index (χ0) is 14.8. The second-order valence-corrected chi connectivity index (χ2v) is 5.18. The predicted molar refractivity (Wildman–Crippen MR) is 84.4 cm³/mol. The number of rotatable bonds is 4. The standard InChI is InChI=1S/C17H19N3O/c1-12(17(18)13-7-9-14(21-2)10-8-13)20-11-19-15-5-3-4-6-16(15)20/h3-12,17H,18H2,1-2H3. The number of imidazole rings is 1. The molecule has 0 spiro atoms. The highest BCUT2D eigenvalue weighted by Gasteiger charge is 2.18. The Balaban J connectivity index is 1.91. The van der Waals surface area contributed by atoms with E-state index in [9.17, 15) is 0 Å². The van der Waals surface area contributed by atoms with E-state index in [0.29, 0.717) is 0 Å². The van der Waals surface area contributed by atoms with Crippen molar-refractivity contribution in [2.75, 3.05) is 7.11 Å². The molecule has 0 fully saturated rings. The fourth-order valence-electron chi connectivity index (χ4n) is 2.58. The molecule has 0 bridgehead atoms. The molecule has 2 unspecified atom stereocenters. The van der Waals surface area contributed by atoms with Gasteiger partial charge in [-0.3, -0.25) is 0 Å². The third kappa shape index (κ3) is 2.50. The molecule has 3 aromatic rings. The minimum atomic E-state index is -0.103. The Morgan fingerprint density at radius 1 is 1.10 bits per heavy atom. The van der Waals surface area contributed by atoms with Crippen molar-refractivity contribution in [3.8, 4) is 5.75 Å². The minimum absolute atomic E-state index is 0.103. The number of hydrogen-bond acceptors (Lipinski definition) is 3. The number of benzene rings is 2. The molecule has 0 saturated heterocycles. The SMILES string of the molecule is COc1ccc(C(N)C(C)n2cnc3ccccc32)cc1. The fourth-order valence-corrected chi connectivity index (χ4v) is 2.58. The molecule has 2 aromatic carbocycles. The monoisotopic (exact) mass is 281 g/mol. The lowest BCUT2D eigenvalue weighted by Gasteiger charge is -2.22. The first kappa shape index (κ1) is 13.6. The van der Waals surface area contributed by atoms with Crippen LogP contribution in [0.25, 0.3) is 11.0 Å². The first-order valence-corrected chi connectivity index (χ1v) is 7.02. The Bertz CT molecular complexity index is 733. The van der Waals surface area contributed by atoms with Crippen LogP contribution in [0.15, 0.2) is 54.9 Å². The Kier molecular flexibility index (Phi) is 3.62.